The number of amides is 1. The fourth-order valence-corrected chi connectivity index (χ4v) is 4.03. The van der Waals surface area contributed by atoms with Crippen molar-refractivity contribution >= 4 is 27.7 Å². The fraction of sp³-hybridized carbons (Fsp3) is 0.182. The molecule has 3 heterocycles. The molecule has 0 atom stereocenters. The molecular formula is C22H19N3O. The van der Waals surface area contributed by atoms with E-state index in [0.717, 1.165) is 46.0 Å². The Labute approximate surface area is 151 Å². The molecule has 0 saturated carbocycles. The summed E-state index contributed by atoms with van der Waals surface area (Å²) < 4.78 is 2.17. The third-order valence-electron chi connectivity index (χ3n) is 5.33. The minimum absolute atomic E-state index is 0.0995. The monoisotopic (exact) mass is 341 g/mol. The first-order valence-electron chi connectivity index (χ1n) is 8.92. The second kappa shape index (κ2) is 5.70. The highest BCUT2D eigenvalue weighted by molar-refractivity contribution is 6.10. The summed E-state index contributed by atoms with van der Waals surface area (Å²) in [6.07, 6.45) is 2.71. The van der Waals surface area contributed by atoms with Crippen LogP contribution in [0.3, 0.4) is 0 Å². The Kier molecular flexibility index (Phi) is 3.32. The number of nitrogens with zero attached hydrogens (tertiary/aromatic N) is 3. The number of benzene rings is 2. The van der Waals surface area contributed by atoms with Crippen LogP contribution in [0.1, 0.15) is 21.6 Å². The van der Waals surface area contributed by atoms with Gasteiger partial charge >= 0.3 is 0 Å². The molecule has 128 valence electrons. The van der Waals surface area contributed by atoms with Crippen molar-refractivity contribution in [1.29, 1.82) is 0 Å². The molecule has 0 N–H and O–H groups in total. The van der Waals surface area contributed by atoms with E-state index in [9.17, 15) is 4.79 Å². The zero-order valence-electron chi connectivity index (χ0n) is 14.6. The van der Waals surface area contributed by atoms with Crippen molar-refractivity contribution in [2.24, 2.45) is 0 Å². The van der Waals surface area contributed by atoms with Crippen LogP contribution in [0.4, 0.5) is 0 Å². The maximum atomic E-state index is 13.0. The van der Waals surface area contributed by atoms with Crippen LogP contribution in [0.25, 0.3) is 21.8 Å². The summed E-state index contributed by atoms with van der Waals surface area (Å²) in [6.45, 7) is 1.43. The maximum absolute atomic E-state index is 13.0. The summed E-state index contributed by atoms with van der Waals surface area (Å²) in [7, 11) is 1.88. The van der Waals surface area contributed by atoms with E-state index in [-0.39, 0.29) is 5.91 Å². The van der Waals surface area contributed by atoms with Gasteiger partial charge in [-0.25, -0.2) is 0 Å². The van der Waals surface area contributed by atoms with Crippen molar-refractivity contribution in [3.8, 4) is 0 Å². The molecule has 4 nitrogen and oxygen atoms in total. The summed E-state index contributed by atoms with van der Waals surface area (Å²) in [5.74, 6) is 0.0995. The lowest BCUT2D eigenvalue weighted by molar-refractivity contribution is 0.0770. The predicted octanol–water partition coefficient (Wildman–Crippen LogP) is 3.87. The Morgan fingerprint density at radius 2 is 1.88 bits per heavy atom. The Hall–Kier alpha value is -3.14. The van der Waals surface area contributed by atoms with Crippen molar-refractivity contribution in [2.45, 2.75) is 13.0 Å². The third kappa shape index (κ3) is 2.15. The molecule has 1 aliphatic rings. The number of pyridine rings is 1. The van der Waals surface area contributed by atoms with E-state index in [2.05, 4.69) is 39.9 Å². The zero-order valence-corrected chi connectivity index (χ0v) is 14.6. The number of hydrogen-bond donors (Lipinski definition) is 0. The second-order valence-electron chi connectivity index (χ2n) is 6.91. The van der Waals surface area contributed by atoms with Crippen LogP contribution in [-0.2, 0) is 13.0 Å². The highest BCUT2D eigenvalue weighted by Crippen LogP contribution is 2.34. The van der Waals surface area contributed by atoms with Gasteiger partial charge in [-0.15, -0.1) is 0 Å². The van der Waals surface area contributed by atoms with E-state index in [1.165, 1.54) is 5.56 Å². The SMILES string of the molecule is CN1CCc2c(n(Cc3ccccc3)c3c2ccc2cccnc23)C1=O. The quantitative estimate of drug-likeness (QED) is 0.555. The van der Waals surface area contributed by atoms with Crippen LogP contribution >= 0.6 is 0 Å². The first-order valence-corrected chi connectivity index (χ1v) is 8.92. The topological polar surface area (TPSA) is 38.1 Å². The number of hydrogen-bond acceptors (Lipinski definition) is 2. The summed E-state index contributed by atoms with van der Waals surface area (Å²) in [5, 5.41) is 2.26. The molecule has 0 fully saturated rings. The van der Waals surface area contributed by atoms with E-state index in [0.29, 0.717) is 6.54 Å². The normalized spacial score (nSPS) is 14.2. The molecule has 26 heavy (non-hydrogen) atoms. The first-order chi connectivity index (χ1) is 12.7. The van der Waals surface area contributed by atoms with Gasteiger partial charge in [0.2, 0.25) is 0 Å². The van der Waals surface area contributed by atoms with Gasteiger partial charge in [-0.1, -0.05) is 48.5 Å². The molecule has 5 rings (SSSR count). The Morgan fingerprint density at radius 3 is 2.73 bits per heavy atom. The average molecular weight is 341 g/mol. The highest BCUT2D eigenvalue weighted by Gasteiger charge is 2.30. The van der Waals surface area contributed by atoms with Gasteiger partial charge in [-0.3, -0.25) is 9.78 Å². The lowest BCUT2D eigenvalue weighted by atomic mass is 10.0. The van der Waals surface area contributed by atoms with Gasteiger partial charge in [0.15, 0.2) is 0 Å². The van der Waals surface area contributed by atoms with E-state index in [1.54, 1.807) is 0 Å². The molecule has 1 aliphatic heterocycles. The fourth-order valence-electron chi connectivity index (χ4n) is 4.03. The molecule has 0 spiro atoms. The van der Waals surface area contributed by atoms with E-state index in [1.807, 2.05) is 42.4 Å². The van der Waals surface area contributed by atoms with Crippen LogP contribution in [0.15, 0.2) is 60.8 Å². The van der Waals surface area contributed by atoms with E-state index >= 15 is 0 Å². The Balaban J connectivity index is 1.87. The smallest absolute Gasteiger partial charge is 0.270 e. The molecule has 0 bridgehead atoms. The van der Waals surface area contributed by atoms with Crippen molar-refractivity contribution in [2.75, 3.05) is 13.6 Å². The standard InChI is InChI=1S/C22H19N3O/c1-24-13-11-18-17-10-9-16-8-5-12-23-19(16)20(17)25(21(18)22(24)26)14-15-6-3-2-4-7-15/h2-10,12H,11,13-14H2,1H3. The number of carbonyl (C=O) groups is 1. The molecule has 4 heteroatoms. The molecular weight excluding hydrogens is 322 g/mol. The van der Waals surface area contributed by atoms with Gasteiger partial charge in [-0.05, 0) is 23.6 Å². The number of likely N-dealkylation sites (N-methyl/N-ethyl adjacent to an activating group) is 1. The van der Waals surface area contributed by atoms with Crippen molar-refractivity contribution in [3.63, 3.8) is 0 Å². The minimum Gasteiger partial charge on any atom is -0.340 e. The summed E-state index contributed by atoms with van der Waals surface area (Å²) >= 11 is 0. The molecule has 1 amide bonds. The molecule has 0 unspecified atom stereocenters. The lowest BCUT2D eigenvalue weighted by Crippen LogP contribution is -2.35. The van der Waals surface area contributed by atoms with Gasteiger partial charge in [-0.2, -0.15) is 0 Å². The van der Waals surface area contributed by atoms with Crippen LogP contribution in [0, 0.1) is 0 Å². The zero-order chi connectivity index (χ0) is 17.7. The van der Waals surface area contributed by atoms with E-state index in [4.69, 9.17) is 0 Å². The predicted molar refractivity (Wildman–Crippen MR) is 103 cm³/mol. The third-order valence-corrected chi connectivity index (χ3v) is 5.33. The average Bonchev–Trinajstić information content (AvgIpc) is 3.00. The maximum Gasteiger partial charge on any atom is 0.270 e. The lowest BCUT2D eigenvalue weighted by Gasteiger charge is -2.24. The summed E-state index contributed by atoms with van der Waals surface area (Å²) in [6, 6.07) is 18.6. The van der Waals surface area contributed by atoms with Crippen LogP contribution in [-0.4, -0.2) is 34.0 Å². The molecule has 4 aromatic rings. The molecule has 0 radical (unpaired) electrons. The molecule has 0 aliphatic carbocycles. The summed E-state index contributed by atoms with van der Waals surface area (Å²) in [4.78, 5) is 19.5. The summed E-state index contributed by atoms with van der Waals surface area (Å²) in [5.41, 5.74) is 5.19. The second-order valence-corrected chi connectivity index (χ2v) is 6.91. The Bertz CT molecular complexity index is 1140. The number of rotatable bonds is 2. The first kappa shape index (κ1) is 15.1. The van der Waals surface area contributed by atoms with Crippen molar-refractivity contribution < 1.29 is 4.79 Å². The molecule has 0 saturated heterocycles. The van der Waals surface area contributed by atoms with Crippen molar-refractivity contribution in [3.05, 3.63) is 77.6 Å². The van der Waals surface area contributed by atoms with Crippen LogP contribution in [0.2, 0.25) is 0 Å². The van der Waals surface area contributed by atoms with Gasteiger partial charge in [0.25, 0.3) is 5.91 Å². The minimum atomic E-state index is 0.0995. The number of carbonyl (C=O) groups excluding carboxylic acids is 1. The number of fused-ring (bicyclic) bond motifs is 5. The highest BCUT2D eigenvalue weighted by atomic mass is 16.2. The van der Waals surface area contributed by atoms with Gasteiger partial charge < -0.3 is 9.47 Å². The van der Waals surface area contributed by atoms with Crippen molar-refractivity contribution in [1.82, 2.24) is 14.5 Å². The largest absolute Gasteiger partial charge is 0.340 e. The van der Waals surface area contributed by atoms with Gasteiger partial charge in [0, 0.05) is 37.1 Å². The van der Waals surface area contributed by atoms with Crippen LogP contribution < -0.4 is 0 Å². The Morgan fingerprint density at radius 1 is 1.04 bits per heavy atom. The molecule has 2 aromatic carbocycles. The van der Waals surface area contributed by atoms with Gasteiger partial charge in [0.05, 0.1) is 11.0 Å². The van der Waals surface area contributed by atoms with Gasteiger partial charge in [0.1, 0.15) is 5.69 Å². The van der Waals surface area contributed by atoms with E-state index < -0.39 is 0 Å². The number of aromatic nitrogens is 2. The van der Waals surface area contributed by atoms with Crippen LogP contribution in [0.5, 0.6) is 0 Å². The molecule has 2 aromatic heterocycles.